The maximum Gasteiger partial charge on any atom is 0.336 e. The molecule has 0 unspecified atom stereocenters. The number of methoxy groups -OCH3 is 1. The number of rotatable bonds is 5. The minimum absolute atomic E-state index is 0.184. The summed E-state index contributed by atoms with van der Waals surface area (Å²) in [5.41, 5.74) is 4.01. The third-order valence-corrected chi connectivity index (χ3v) is 4.92. The highest BCUT2D eigenvalue weighted by molar-refractivity contribution is 6.34. The van der Waals surface area contributed by atoms with Crippen LogP contribution in [0.1, 0.15) is 15.9 Å². The number of benzene rings is 3. The molecule has 0 spiro atoms. The average Bonchev–Trinajstić information content (AvgIpc) is 3.09. The van der Waals surface area contributed by atoms with E-state index in [0.29, 0.717) is 27.4 Å². The predicted molar refractivity (Wildman–Crippen MR) is 111 cm³/mol. The van der Waals surface area contributed by atoms with Gasteiger partial charge in [-0.15, -0.1) is 0 Å². The number of carboxylic acids is 1. The van der Waals surface area contributed by atoms with Crippen molar-refractivity contribution in [3.8, 4) is 28.6 Å². The van der Waals surface area contributed by atoms with E-state index in [4.69, 9.17) is 21.1 Å². The van der Waals surface area contributed by atoms with Crippen molar-refractivity contribution in [2.24, 2.45) is 0 Å². The topological polar surface area (TPSA) is 84.4 Å². The molecular weight excluding hydrogens is 392 g/mol. The monoisotopic (exact) mass is 408 g/mol. The van der Waals surface area contributed by atoms with Gasteiger partial charge in [0.05, 0.1) is 28.7 Å². The quantitative estimate of drug-likeness (QED) is 0.443. The van der Waals surface area contributed by atoms with Crippen LogP contribution in [-0.4, -0.2) is 28.2 Å². The van der Waals surface area contributed by atoms with Crippen molar-refractivity contribution in [2.75, 3.05) is 7.11 Å². The average molecular weight is 409 g/mol. The Labute approximate surface area is 171 Å². The summed E-state index contributed by atoms with van der Waals surface area (Å²) in [6, 6.07) is 16.4. The number of aryl methyl sites for hydroxylation is 1. The van der Waals surface area contributed by atoms with Gasteiger partial charge in [0.1, 0.15) is 11.5 Å². The number of aromatic nitrogens is 2. The van der Waals surface area contributed by atoms with Crippen LogP contribution in [0.4, 0.5) is 0 Å². The number of halogens is 1. The largest absolute Gasteiger partial charge is 0.497 e. The zero-order chi connectivity index (χ0) is 20.5. The summed E-state index contributed by atoms with van der Waals surface area (Å²) in [5, 5.41) is 9.84. The number of carboxylic acid groups (broad SMARTS) is 1. The third kappa shape index (κ3) is 3.75. The van der Waals surface area contributed by atoms with Crippen LogP contribution in [0.5, 0.6) is 17.5 Å². The Hall–Kier alpha value is -3.51. The summed E-state index contributed by atoms with van der Waals surface area (Å²) < 4.78 is 10.9. The van der Waals surface area contributed by atoms with Gasteiger partial charge in [-0.05, 0) is 54.4 Å². The number of ether oxygens (including phenoxy) is 2. The lowest BCUT2D eigenvalue weighted by Gasteiger charge is -2.06. The molecule has 1 aromatic heterocycles. The van der Waals surface area contributed by atoms with Crippen LogP contribution in [-0.2, 0) is 0 Å². The van der Waals surface area contributed by atoms with Crippen molar-refractivity contribution < 1.29 is 19.4 Å². The van der Waals surface area contributed by atoms with E-state index in [1.54, 1.807) is 32.2 Å². The molecule has 0 fully saturated rings. The van der Waals surface area contributed by atoms with Gasteiger partial charge in [-0.2, -0.15) is 4.98 Å². The molecule has 0 radical (unpaired) electrons. The zero-order valence-electron chi connectivity index (χ0n) is 15.7. The Kier molecular flexibility index (Phi) is 4.86. The Morgan fingerprint density at radius 1 is 1.07 bits per heavy atom. The number of aromatic amines is 1. The maximum absolute atomic E-state index is 11.3. The molecule has 146 valence electrons. The van der Waals surface area contributed by atoms with E-state index < -0.39 is 5.97 Å². The highest BCUT2D eigenvalue weighted by atomic mass is 35.5. The van der Waals surface area contributed by atoms with Crippen LogP contribution >= 0.6 is 11.6 Å². The van der Waals surface area contributed by atoms with Gasteiger partial charge in [-0.1, -0.05) is 29.8 Å². The third-order valence-electron chi connectivity index (χ3n) is 4.60. The number of nitrogens with zero attached hydrogens (tertiary/aromatic N) is 1. The standard InChI is InChI=1S/C22H17ClN2O4/c1-12-3-6-15(9-16(12)21(26)27)29-22-24-19-10-17(18(23)11-20(19)25-22)13-4-7-14(28-2)8-5-13/h3-11H,1-2H3,(H,24,25)(H,26,27). The Balaban J connectivity index is 1.68. The summed E-state index contributed by atoms with van der Waals surface area (Å²) >= 11 is 6.47. The normalized spacial score (nSPS) is 10.9. The molecule has 4 rings (SSSR count). The van der Waals surface area contributed by atoms with Gasteiger partial charge in [0.15, 0.2) is 0 Å². The van der Waals surface area contributed by atoms with Crippen LogP contribution in [0.25, 0.3) is 22.2 Å². The van der Waals surface area contributed by atoms with E-state index in [9.17, 15) is 9.90 Å². The fourth-order valence-electron chi connectivity index (χ4n) is 3.05. The highest BCUT2D eigenvalue weighted by Crippen LogP contribution is 2.34. The minimum atomic E-state index is -1.01. The number of fused-ring (bicyclic) bond motifs is 1. The van der Waals surface area contributed by atoms with Gasteiger partial charge < -0.3 is 19.6 Å². The number of nitrogens with one attached hydrogen (secondary N) is 1. The molecule has 1 heterocycles. The van der Waals surface area contributed by atoms with Crippen LogP contribution in [0, 0.1) is 6.92 Å². The lowest BCUT2D eigenvalue weighted by Crippen LogP contribution is -2.00. The molecule has 0 aliphatic rings. The first kappa shape index (κ1) is 18.8. The molecule has 0 bridgehead atoms. The summed E-state index contributed by atoms with van der Waals surface area (Å²) in [5.74, 6) is 0.141. The molecule has 7 heteroatoms. The summed E-state index contributed by atoms with van der Waals surface area (Å²) in [7, 11) is 1.62. The fraction of sp³-hybridized carbons (Fsp3) is 0.0909. The molecule has 4 aromatic rings. The van der Waals surface area contributed by atoms with Crippen LogP contribution < -0.4 is 9.47 Å². The van der Waals surface area contributed by atoms with Crippen molar-refractivity contribution in [3.63, 3.8) is 0 Å². The zero-order valence-corrected chi connectivity index (χ0v) is 16.4. The van der Waals surface area contributed by atoms with E-state index in [2.05, 4.69) is 9.97 Å². The molecule has 6 nitrogen and oxygen atoms in total. The first-order valence-electron chi connectivity index (χ1n) is 8.80. The molecule has 0 aliphatic carbocycles. The lowest BCUT2D eigenvalue weighted by molar-refractivity contribution is 0.0695. The molecular formula is C22H17ClN2O4. The van der Waals surface area contributed by atoms with Gasteiger partial charge >= 0.3 is 5.97 Å². The predicted octanol–water partition coefficient (Wildman–Crippen LogP) is 5.69. The van der Waals surface area contributed by atoms with Crippen LogP contribution in [0.15, 0.2) is 54.6 Å². The number of H-pyrrole nitrogens is 1. The summed E-state index contributed by atoms with van der Waals surface area (Å²) in [4.78, 5) is 18.8. The van der Waals surface area contributed by atoms with E-state index in [1.165, 1.54) is 6.07 Å². The van der Waals surface area contributed by atoms with Crippen molar-refractivity contribution in [1.82, 2.24) is 9.97 Å². The number of hydrogen-bond donors (Lipinski definition) is 2. The van der Waals surface area contributed by atoms with Crippen molar-refractivity contribution in [3.05, 3.63) is 70.7 Å². The maximum atomic E-state index is 11.3. The molecule has 0 saturated heterocycles. The lowest BCUT2D eigenvalue weighted by atomic mass is 10.0. The SMILES string of the molecule is COc1ccc(-c2cc3nc(Oc4ccc(C)c(C(=O)O)c4)[nH]c3cc2Cl)cc1. The molecule has 0 saturated carbocycles. The van der Waals surface area contributed by atoms with E-state index in [-0.39, 0.29) is 11.6 Å². The van der Waals surface area contributed by atoms with E-state index in [1.807, 2.05) is 30.3 Å². The fourth-order valence-corrected chi connectivity index (χ4v) is 3.33. The summed E-state index contributed by atoms with van der Waals surface area (Å²) in [6.45, 7) is 1.73. The van der Waals surface area contributed by atoms with Crippen molar-refractivity contribution in [2.45, 2.75) is 6.92 Å². The van der Waals surface area contributed by atoms with Gasteiger partial charge in [0.25, 0.3) is 6.01 Å². The van der Waals surface area contributed by atoms with Crippen molar-refractivity contribution in [1.29, 1.82) is 0 Å². The van der Waals surface area contributed by atoms with Gasteiger partial charge in [-0.25, -0.2) is 4.79 Å². The second-order valence-electron chi connectivity index (χ2n) is 6.50. The minimum Gasteiger partial charge on any atom is -0.497 e. The number of hydrogen-bond acceptors (Lipinski definition) is 4. The Morgan fingerprint density at radius 3 is 2.48 bits per heavy atom. The van der Waals surface area contributed by atoms with Crippen LogP contribution in [0.3, 0.4) is 0 Å². The molecule has 0 atom stereocenters. The number of imidazole rings is 1. The molecule has 2 N–H and O–H groups in total. The number of carbonyl (C=O) groups is 1. The highest BCUT2D eigenvalue weighted by Gasteiger charge is 2.13. The van der Waals surface area contributed by atoms with Crippen LogP contribution in [0.2, 0.25) is 5.02 Å². The second kappa shape index (κ2) is 7.48. The molecule has 29 heavy (non-hydrogen) atoms. The second-order valence-corrected chi connectivity index (χ2v) is 6.91. The van der Waals surface area contributed by atoms with Gasteiger partial charge in [0, 0.05) is 5.56 Å². The van der Waals surface area contributed by atoms with Gasteiger partial charge in [0.2, 0.25) is 0 Å². The van der Waals surface area contributed by atoms with Crippen molar-refractivity contribution >= 4 is 28.6 Å². The van der Waals surface area contributed by atoms with E-state index in [0.717, 1.165) is 16.9 Å². The first-order valence-corrected chi connectivity index (χ1v) is 9.18. The molecule has 3 aromatic carbocycles. The number of aromatic carboxylic acids is 1. The van der Waals surface area contributed by atoms with Gasteiger partial charge in [-0.3, -0.25) is 0 Å². The first-order chi connectivity index (χ1) is 13.9. The van der Waals surface area contributed by atoms with E-state index >= 15 is 0 Å². The molecule has 0 amide bonds. The summed E-state index contributed by atoms with van der Waals surface area (Å²) in [6.07, 6.45) is 0. The molecule has 0 aliphatic heterocycles. The smallest absolute Gasteiger partial charge is 0.336 e. The Morgan fingerprint density at radius 2 is 1.79 bits per heavy atom. The Bertz CT molecular complexity index is 1220.